The fourth-order valence-electron chi connectivity index (χ4n) is 3.57. The Morgan fingerprint density at radius 1 is 0.622 bits per heavy atom. The van der Waals surface area contributed by atoms with Gasteiger partial charge in [-0.25, -0.2) is 0 Å². The fourth-order valence-corrected chi connectivity index (χ4v) is 3.73. The molecule has 0 spiro atoms. The van der Waals surface area contributed by atoms with Crippen molar-refractivity contribution in [2.75, 3.05) is 91.5 Å². The van der Waals surface area contributed by atoms with Crippen molar-refractivity contribution in [2.45, 2.75) is 62.7 Å². The van der Waals surface area contributed by atoms with Crippen LogP contribution in [0.5, 0.6) is 0 Å². The molecule has 0 aromatic rings. The van der Waals surface area contributed by atoms with Crippen molar-refractivity contribution in [2.24, 2.45) is 0 Å². The molecule has 266 valence electrons. The van der Waals surface area contributed by atoms with Gasteiger partial charge in [0, 0.05) is 6.42 Å². The zero-order chi connectivity index (χ0) is 34.0. The van der Waals surface area contributed by atoms with Gasteiger partial charge < -0.3 is 70.2 Å². The summed E-state index contributed by atoms with van der Waals surface area (Å²) in [5, 5.41) is 70.4. The van der Waals surface area contributed by atoms with Crippen molar-refractivity contribution in [3.8, 4) is 0 Å². The number of amides is 3. The molecule has 0 aromatic heterocycles. The number of rotatable bonds is 29. The van der Waals surface area contributed by atoms with Crippen molar-refractivity contribution in [3.05, 3.63) is 0 Å². The summed E-state index contributed by atoms with van der Waals surface area (Å²) in [7, 11) is 0. The summed E-state index contributed by atoms with van der Waals surface area (Å²) in [6.45, 7) is -3.14. The minimum absolute atomic E-state index is 0.00207. The molecule has 0 radical (unpaired) electrons. The summed E-state index contributed by atoms with van der Waals surface area (Å²) >= 11 is 4.11. The second-order valence-corrected chi connectivity index (χ2v) is 10.6. The molecule has 2 unspecified atom stereocenters. The van der Waals surface area contributed by atoms with Crippen LogP contribution in [0.15, 0.2) is 0 Å². The molecule has 17 nitrogen and oxygen atoms in total. The number of nitrogens with zero attached hydrogens (tertiary/aromatic N) is 1. The van der Waals surface area contributed by atoms with E-state index in [-0.39, 0.29) is 39.5 Å². The van der Waals surface area contributed by atoms with E-state index in [4.69, 9.17) is 18.9 Å². The summed E-state index contributed by atoms with van der Waals surface area (Å²) in [4.78, 5) is 40.1. The highest BCUT2D eigenvalue weighted by molar-refractivity contribution is 7.80. The summed E-state index contributed by atoms with van der Waals surface area (Å²) in [5.74, 6) is -1.47. The third kappa shape index (κ3) is 20.2. The van der Waals surface area contributed by atoms with Crippen LogP contribution in [0.4, 0.5) is 0 Å². The number of ether oxygens (including phenoxy) is 4. The Bertz CT molecular complexity index is 687. The van der Waals surface area contributed by atoms with Crippen molar-refractivity contribution in [3.63, 3.8) is 0 Å². The number of nitrogens with one attached hydrogen (secondary N) is 2. The van der Waals surface area contributed by atoms with Gasteiger partial charge in [0.05, 0.1) is 90.9 Å². The smallest absolute Gasteiger partial charge is 0.240 e. The van der Waals surface area contributed by atoms with Crippen molar-refractivity contribution in [1.82, 2.24) is 15.5 Å². The highest BCUT2D eigenvalue weighted by Gasteiger charge is 2.25. The van der Waals surface area contributed by atoms with Crippen LogP contribution < -0.4 is 10.6 Å². The topological polar surface area (TPSA) is 257 Å². The predicted octanol–water partition coefficient (Wildman–Crippen LogP) is -4.61. The van der Waals surface area contributed by atoms with Crippen LogP contribution >= 0.6 is 12.6 Å². The molecule has 45 heavy (non-hydrogen) atoms. The van der Waals surface area contributed by atoms with Crippen LogP contribution in [-0.4, -0.2) is 186 Å². The van der Waals surface area contributed by atoms with Gasteiger partial charge in [-0.3, -0.25) is 14.4 Å². The van der Waals surface area contributed by atoms with E-state index in [1.165, 1.54) is 0 Å². The van der Waals surface area contributed by atoms with E-state index < -0.39 is 107 Å². The molecule has 0 aromatic carbocycles. The Balaban J connectivity index is 5.63. The number of hydrogen-bond donors (Lipinski definition) is 10. The first-order valence-corrected chi connectivity index (χ1v) is 15.5. The van der Waals surface area contributed by atoms with E-state index in [0.29, 0.717) is 18.6 Å². The minimum Gasteiger partial charge on any atom is -0.394 e. The number of carbonyl (C=O) groups is 3. The van der Waals surface area contributed by atoms with Gasteiger partial charge in [-0.05, 0) is 18.6 Å². The molecule has 0 heterocycles. The number of carbonyl (C=O) groups excluding carboxylic acids is 3. The van der Waals surface area contributed by atoms with E-state index in [1.807, 2.05) is 0 Å². The fraction of sp³-hybridized carbons (Fsp3) is 0.889. The molecule has 0 bridgehead atoms. The van der Waals surface area contributed by atoms with E-state index in [1.54, 1.807) is 6.92 Å². The quantitative estimate of drug-likeness (QED) is 0.0335. The molecular formula is C27H53N3O14S. The molecule has 0 aliphatic heterocycles. The number of aliphatic hydroxyl groups excluding tert-OH is 7. The van der Waals surface area contributed by atoms with Crippen LogP contribution in [0.3, 0.4) is 0 Å². The van der Waals surface area contributed by atoms with Crippen molar-refractivity contribution >= 4 is 30.4 Å². The van der Waals surface area contributed by atoms with Crippen molar-refractivity contribution in [1.29, 1.82) is 0 Å². The highest BCUT2D eigenvalue weighted by Crippen LogP contribution is 2.04. The molecule has 0 aliphatic rings. The highest BCUT2D eigenvalue weighted by atomic mass is 32.1. The lowest BCUT2D eigenvalue weighted by atomic mass is 10.2. The summed E-state index contributed by atoms with van der Waals surface area (Å²) in [6, 6.07) is -1.68. The summed E-state index contributed by atoms with van der Waals surface area (Å²) in [5.41, 5.74) is 0. The van der Waals surface area contributed by atoms with Crippen LogP contribution in [0.25, 0.3) is 0 Å². The van der Waals surface area contributed by atoms with Crippen LogP contribution in [0.2, 0.25) is 0 Å². The van der Waals surface area contributed by atoms with Gasteiger partial charge in [-0.2, -0.15) is 12.6 Å². The third-order valence-electron chi connectivity index (χ3n) is 6.31. The first kappa shape index (κ1) is 43.3. The maximum absolute atomic E-state index is 13.1. The average molecular weight is 676 g/mol. The van der Waals surface area contributed by atoms with Gasteiger partial charge in [0.2, 0.25) is 17.7 Å². The lowest BCUT2D eigenvalue weighted by molar-refractivity contribution is -0.140. The van der Waals surface area contributed by atoms with Gasteiger partial charge in [0.1, 0.15) is 31.4 Å². The number of hydrogen-bond acceptors (Lipinski definition) is 15. The Kier molecular flexibility index (Phi) is 26.4. The van der Waals surface area contributed by atoms with Crippen LogP contribution in [-0.2, 0) is 33.3 Å². The molecular weight excluding hydrogens is 622 g/mol. The normalized spacial score (nSPS) is 13.1. The zero-order valence-electron chi connectivity index (χ0n) is 25.9. The first-order valence-electron chi connectivity index (χ1n) is 14.8. The second kappa shape index (κ2) is 27.4. The Labute approximate surface area is 269 Å². The average Bonchev–Trinajstić information content (AvgIpc) is 3.04. The summed E-state index contributed by atoms with van der Waals surface area (Å²) < 4.78 is 21.8. The lowest BCUT2D eigenvalue weighted by Crippen LogP contribution is -2.52. The van der Waals surface area contributed by atoms with Gasteiger partial charge >= 0.3 is 0 Å². The van der Waals surface area contributed by atoms with E-state index in [9.17, 15) is 50.1 Å². The SMILES string of the molecule is CCC(CO)OCC(COC(CO)CO)NC(=O)CN(CC(=O)NC(COC(CO)CO)COC(CO)CO)C(=O)CCCS. The van der Waals surface area contributed by atoms with Gasteiger partial charge in [-0.15, -0.1) is 0 Å². The van der Waals surface area contributed by atoms with Gasteiger partial charge in [-0.1, -0.05) is 6.92 Å². The largest absolute Gasteiger partial charge is 0.394 e. The predicted molar refractivity (Wildman–Crippen MR) is 162 cm³/mol. The van der Waals surface area contributed by atoms with Gasteiger partial charge in [0.15, 0.2) is 0 Å². The summed E-state index contributed by atoms with van der Waals surface area (Å²) in [6.07, 6.45) is -2.40. The van der Waals surface area contributed by atoms with Gasteiger partial charge in [0.25, 0.3) is 0 Å². The number of thiol groups is 1. The molecule has 0 saturated heterocycles. The Morgan fingerprint density at radius 2 is 0.956 bits per heavy atom. The zero-order valence-corrected chi connectivity index (χ0v) is 26.8. The molecule has 18 heteroatoms. The monoisotopic (exact) mass is 675 g/mol. The molecule has 9 N–H and O–H groups in total. The first-order chi connectivity index (χ1) is 21.6. The number of aliphatic hydroxyl groups is 7. The molecule has 0 saturated carbocycles. The molecule has 2 atom stereocenters. The maximum Gasteiger partial charge on any atom is 0.240 e. The second-order valence-electron chi connectivity index (χ2n) is 10.1. The standard InChI is InChI=1S/C27H53N3O14S/c1-2-21(8-31)41-15-19(16-42-22(9-32)10-33)28-25(38)6-30(27(40)4-3-5-45)7-26(39)29-20(17-43-23(11-34)12-35)18-44-24(13-36)14-37/h19-24,31-37,45H,2-18H2,1H3,(H,28,38)(H,29,39). The van der Waals surface area contributed by atoms with E-state index >= 15 is 0 Å². The lowest BCUT2D eigenvalue weighted by Gasteiger charge is -2.27. The van der Waals surface area contributed by atoms with Crippen molar-refractivity contribution < 1.29 is 69.1 Å². The maximum atomic E-state index is 13.1. The van der Waals surface area contributed by atoms with E-state index in [0.717, 1.165) is 4.90 Å². The minimum atomic E-state index is -0.935. The molecule has 0 rings (SSSR count). The van der Waals surface area contributed by atoms with Crippen LogP contribution in [0, 0.1) is 0 Å². The molecule has 0 fully saturated rings. The Morgan fingerprint density at radius 3 is 1.24 bits per heavy atom. The molecule has 3 amide bonds. The third-order valence-corrected chi connectivity index (χ3v) is 6.63. The molecule has 0 aliphatic carbocycles. The van der Waals surface area contributed by atoms with Crippen LogP contribution in [0.1, 0.15) is 26.2 Å². The Hall–Kier alpha value is -1.68. The van der Waals surface area contributed by atoms with E-state index in [2.05, 4.69) is 23.3 Å².